The number of hydrogen-bond acceptors (Lipinski definition) is 3. The third kappa shape index (κ3) is 3.91. The second-order valence-electron chi connectivity index (χ2n) is 11.7. The molecule has 3 heteroatoms. The van der Waals surface area contributed by atoms with Gasteiger partial charge in [0.05, 0.1) is 0 Å². The van der Waals surface area contributed by atoms with Gasteiger partial charge in [-0.25, -0.2) is 0 Å². The lowest BCUT2D eigenvalue weighted by molar-refractivity contribution is 0.669. The molecule has 3 heterocycles. The van der Waals surface area contributed by atoms with Crippen LogP contribution in [0.5, 0.6) is 0 Å². The van der Waals surface area contributed by atoms with Crippen LogP contribution in [-0.2, 0) is 0 Å². The van der Waals surface area contributed by atoms with Gasteiger partial charge in [-0.05, 0) is 88.0 Å². The molecule has 3 aromatic heterocycles. The molecule has 0 amide bonds. The van der Waals surface area contributed by atoms with E-state index >= 15 is 0 Å². The summed E-state index contributed by atoms with van der Waals surface area (Å²) >= 11 is 3.72. The van der Waals surface area contributed by atoms with Crippen LogP contribution in [0.1, 0.15) is 0 Å². The van der Waals surface area contributed by atoms with Crippen molar-refractivity contribution in [3.05, 3.63) is 146 Å². The van der Waals surface area contributed by atoms with Crippen LogP contribution < -0.4 is 0 Å². The highest BCUT2D eigenvalue weighted by atomic mass is 32.1. The lowest BCUT2D eigenvalue weighted by Crippen LogP contribution is -1.84. The van der Waals surface area contributed by atoms with Crippen LogP contribution in [0.2, 0.25) is 0 Å². The minimum Gasteiger partial charge on any atom is -0.456 e. The molecule has 0 saturated heterocycles. The number of thiophene rings is 2. The van der Waals surface area contributed by atoms with E-state index in [4.69, 9.17) is 4.42 Å². The lowest BCUT2D eigenvalue weighted by Gasteiger charge is -2.09. The van der Waals surface area contributed by atoms with Gasteiger partial charge < -0.3 is 4.42 Å². The van der Waals surface area contributed by atoms with E-state index in [1.807, 2.05) is 22.7 Å². The molecule has 0 fully saturated rings. The van der Waals surface area contributed by atoms with E-state index in [9.17, 15) is 0 Å². The largest absolute Gasteiger partial charge is 0.456 e. The van der Waals surface area contributed by atoms with E-state index in [0.29, 0.717) is 0 Å². The molecule has 210 valence electrons. The summed E-state index contributed by atoms with van der Waals surface area (Å²) in [5, 5.41) is 7.59. The minimum atomic E-state index is 0.914. The first-order valence-corrected chi connectivity index (χ1v) is 16.8. The Morgan fingerprint density at radius 2 is 0.867 bits per heavy atom. The van der Waals surface area contributed by atoms with E-state index in [0.717, 1.165) is 27.5 Å². The Labute approximate surface area is 267 Å². The molecule has 0 aliphatic rings. The summed E-state index contributed by atoms with van der Waals surface area (Å²) in [6, 6.07) is 52.9. The first-order chi connectivity index (χ1) is 22.3. The van der Waals surface area contributed by atoms with Crippen molar-refractivity contribution in [3.8, 4) is 33.4 Å². The second-order valence-corrected chi connectivity index (χ2v) is 13.9. The predicted molar refractivity (Wildman–Crippen MR) is 196 cm³/mol. The third-order valence-corrected chi connectivity index (χ3v) is 11.3. The highest BCUT2D eigenvalue weighted by Gasteiger charge is 2.16. The van der Waals surface area contributed by atoms with Crippen LogP contribution in [-0.4, -0.2) is 0 Å². The maximum Gasteiger partial charge on any atom is 0.136 e. The molecule has 0 saturated carbocycles. The molecule has 0 aliphatic heterocycles. The fraction of sp³-hybridized carbons (Fsp3) is 0. The summed E-state index contributed by atoms with van der Waals surface area (Å²) in [6.45, 7) is 0. The molecule has 0 spiro atoms. The van der Waals surface area contributed by atoms with Crippen LogP contribution in [0.4, 0.5) is 0 Å². The molecule has 0 bridgehead atoms. The third-order valence-electron chi connectivity index (χ3n) is 9.08. The Morgan fingerprint density at radius 3 is 1.62 bits per heavy atom. The minimum absolute atomic E-state index is 0.914. The van der Waals surface area contributed by atoms with Gasteiger partial charge in [0.25, 0.3) is 0 Å². The van der Waals surface area contributed by atoms with Gasteiger partial charge in [0.15, 0.2) is 0 Å². The van der Waals surface area contributed by atoms with E-state index in [-0.39, 0.29) is 0 Å². The van der Waals surface area contributed by atoms with Crippen molar-refractivity contribution in [1.29, 1.82) is 0 Å². The quantitative estimate of drug-likeness (QED) is 0.194. The maximum atomic E-state index is 6.57. The Bertz CT molecular complexity index is 2760. The van der Waals surface area contributed by atoms with E-state index in [1.165, 1.54) is 68.2 Å². The second kappa shape index (κ2) is 9.64. The lowest BCUT2D eigenvalue weighted by atomic mass is 9.94. The Kier molecular flexibility index (Phi) is 5.39. The molecule has 0 atom stereocenters. The van der Waals surface area contributed by atoms with Crippen LogP contribution in [0.3, 0.4) is 0 Å². The zero-order valence-electron chi connectivity index (χ0n) is 24.1. The molecule has 0 aliphatic carbocycles. The molecule has 1 nitrogen and oxygen atoms in total. The van der Waals surface area contributed by atoms with Gasteiger partial charge >= 0.3 is 0 Å². The van der Waals surface area contributed by atoms with Crippen LogP contribution in [0.25, 0.3) is 95.7 Å². The summed E-state index contributed by atoms with van der Waals surface area (Å²) in [6.07, 6.45) is 0. The number of benzene rings is 7. The Morgan fingerprint density at radius 1 is 0.333 bits per heavy atom. The van der Waals surface area contributed by atoms with Crippen molar-refractivity contribution in [3.63, 3.8) is 0 Å². The van der Waals surface area contributed by atoms with E-state index in [2.05, 4.69) is 146 Å². The first kappa shape index (κ1) is 25.1. The topological polar surface area (TPSA) is 13.1 Å². The van der Waals surface area contributed by atoms with Crippen molar-refractivity contribution < 1.29 is 4.42 Å². The van der Waals surface area contributed by atoms with E-state index in [1.54, 1.807) is 0 Å². The van der Waals surface area contributed by atoms with Crippen molar-refractivity contribution in [2.75, 3.05) is 0 Å². The summed E-state index contributed by atoms with van der Waals surface area (Å²) in [5.74, 6) is 0. The van der Waals surface area contributed by atoms with Crippen molar-refractivity contribution in [2.24, 2.45) is 0 Å². The predicted octanol–water partition coefficient (Wildman–Crippen LogP) is 13.3. The van der Waals surface area contributed by atoms with Crippen LogP contribution in [0.15, 0.2) is 150 Å². The first-order valence-electron chi connectivity index (χ1n) is 15.2. The monoisotopic (exact) mass is 608 g/mol. The standard InChI is InChI=1S/C42H24OS2/c1-2-8-25(9-3-1)35-20-29(24-41-42(35)34-11-5-7-13-39(34)45-41)27-15-18-31-30-17-14-26(21-36(30)43-37(31)22-27)28-16-19-33-32-10-4-6-12-38(32)44-40(33)23-28/h1-24H. The van der Waals surface area contributed by atoms with Crippen molar-refractivity contribution in [1.82, 2.24) is 0 Å². The Hall–Kier alpha value is -5.22. The number of furan rings is 1. The van der Waals surface area contributed by atoms with Crippen LogP contribution >= 0.6 is 22.7 Å². The molecule has 0 radical (unpaired) electrons. The van der Waals surface area contributed by atoms with Crippen molar-refractivity contribution in [2.45, 2.75) is 0 Å². The maximum absolute atomic E-state index is 6.57. The van der Waals surface area contributed by atoms with Gasteiger partial charge in [-0.15, -0.1) is 22.7 Å². The summed E-state index contributed by atoms with van der Waals surface area (Å²) in [7, 11) is 0. The molecule has 45 heavy (non-hydrogen) atoms. The zero-order chi connectivity index (χ0) is 29.5. The van der Waals surface area contributed by atoms with Gasteiger partial charge in [0.2, 0.25) is 0 Å². The summed E-state index contributed by atoms with van der Waals surface area (Å²) < 4.78 is 11.8. The molecule has 7 aromatic carbocycles. The highest BCUT2D eigenvalue weighted by molar-refractivity contribution is 7.26. The van der Waals surface area contributed by atoms with Crippen LogP contribution in [0, 0.1) is 0 Å². The molecule has 0 unspecified atom stereocenters. The smallest absolute Gasteiger partial charge is 0.136 e. The fourth-order valence-corrected chi connectivity index (χ4v) is 9.22. The van der Waals surface area contributed by atoms with Gasteiger partial charge in [0, 0.05) is 51.1 Å². The van der Waals surface area contributed by atoms with Gasteiger partial charge in [-0.3, -0.25) is 0 Å². The molecule has 10 rings (SSSR count). The van der Waals surface area contributed by atoms with Gasteiger partial charge in [0.1, 0.15) is 11.2 Å². The molecule has 10 aromatic rings. The summed E-state index contributed by atoms with van der Waals surface area (Å²) in [4.78, 5) is 0. The SMILES string of the molecule is c1ccc(-c2cc(-c3ccc4c(c3)oc3cc(-c5ccc6c(c5)sc5ccccc56)ccc34)cc3sc4ccccc4c23)cc1. The van der Waals surface area contributed by atoms with E-state index < -0.39 is 0 Å². The highest BCUT2D eigenvalue weighted by Crippen LogP contribution is 2.44. The molecular weight excluding hydrogens is 585 g/mol. The molecular formula is C42H24OS2. The van der Waals surface area contributed by atoms with Gasteiger partial charge in [-0.1, -0.05) is 91.0 Å². The zero-order valence-corrected chi connectivity index (χ0v) is 25.7. The summed E-state index contributed by atoms with van der Waals surface area (Å²) in [5.41, 5.74) is 9.08. The average molecular weight is 609 g/mol. The normalized spacial score (nSPS) is 12.0. The fourth-order valence-electron chi connectivity index (χ4n) is 6.91. The Balaban J connectivity index is 1.10. The molecule has 0 N–H and O–H groups in total. The number of rotatable bonds is 3. The average Bonchev–Trinajstić information content (AvgIpc) is 3.78. The number of hydrogen-bond donors (Lipinski definition) is 0. The number of fused-ring (bicyclic) bond motifs is 9. The van der Waals surface area contributed by atoms with Gasteiger partial charge in [-0.2, -0.15) is 0 Å². The van der Waals surface area contributed by atoms with Crippen molar-refractivity contribution >= 4 is 85.0 Å².